The lowest BCUT2D eigenvalue weighted by Crippen LogP contribution is -2.54. The Balaban J connectivity index is 0.961. The van der Waals surface area contributed by atoms with Gasteiger partial charge in [0.25, 0.3) is 0 Å². The minimum Gasteiger partial charge on any atom is -0.453 e. The first-order valence-corrected chi connectivity index (χ1v) is 22.2. The molecular formula is C46H56F2N8O8. The standard InChI is InChI=1S/C46H56F2N8O8/c1-25-5-15-33(55(25)43(57)37(51-45(59)61-3)31-17-21-63-22-18-31)41-49-35(39(47)53-41)29-11-7-27(8-12-29)28-9-13-30(14-10-28)36-40(48)54-42(50-36)34-16-6-26(2)56(34)44(58)38(52-46(60)62-4)32-19-23-64-24-20-32/h7-14,25-26,31-34,37-38H,5-6,15-24H2,1-4H3,(H,49,53)(H,50,54)(H,51,59)(H,52,60). The van der Waals surface area contributed by atoms with Crippen LogP contribution in [0.4, 0.5) is 18.4 Å². The van der Waals surface area contributed by atoms with E-state index in [1.165, 1.54) is 14.2 Å². The first-order chi connectivity index (χ1) is 30.9. The number of amides is 4. The zero-order chi connectivity index (χ0) is 45.1. The number of aromatic nitrogens is 4. The second-order valence-electron chi connectivity index (χ2n) is 17.2. The van der Waals surface area contributed by atoms with Gasteiger partial charge in [0.2, 0.25) is 23.7 Å². The minimum absolute atomic E-state index is 0.123. The van der Waals surface area contributed by atoms with Crippen LogP contribution in [0.15, 0.2) is 48.5 Å². The molecule has 0 radical (unpaired) electrons. The second-order valence-corrected chi connectivity index (χ2v) is 17.2. The van der Waals surface area contributed by atoms with E-state index in [1.807, 2.05) is 38.1 Å². The minimum atomic E-state index is -0.820. The lowest BCUT2D eigenvalue weighted by atomic mass is 9.90. The van der Waals surface area contributed by atoms with E-state index >= 15 is 8.78 Å². The molecule has 0 bridgehead atoms. The van der Waals surface area contributed by atoms with Crippen LogP contribution >= 0.6 is 0 Å². The molecule has 4 aliphatic rings. The maximum atomic E-state index is 15.7. The Morgan fingerprint density at radius 3 is 1.28 bits per heavy atom. The number of carbonyl (C=O) groups is 4. The highest BCUT2D eigenvalue weighted by molar-refractivity contribution is 5.87. The van der Waals surface area contributed by atoms with Gasteiger partial charge in [-0.25, -0.2) is 19.6 Å². The zero-order valence-corrected chi connectivity index (χ0v) is 36.5. The van der Waals surface area contributed by atoms with Gasteiger partial charge in [-0.1, -0.05) is 48.5 Å². The molecule has 2 aromatic heterocycles. The van der Waals surface area contributed by atoms with E-state index in [-0.39, 0.29) is 47.1 Å². The Morgan fingerprint density at radius 2 is 0.938 bits per heavy atom. The van der Waals surface area contributed by atoms with Crippen LogP contribution in [0, 0.1) is 23.7 Å². The van der Waals surface area contributed by atoms with Gasteiger partial charge in [-0.2, -0.15) is 8.78 Å². The zero-order valence-electron chi connectivity index (χ0n) is 36.5. The van der Waals surface area contributed by atoms with Crippen molar-refractivity contribution >= 4 is 24.0 Å². The largest absolute Gasteiger partial charge is 0.453 e. The molecule has 64 heavy (non-hydrogen) atoms. The molecule has 4 N–H and O–H groups in total. The quantitative estimate of drug-likeness (QED) is 0.124. The SMILES string of the molecule is COC(=O)NC(C(=O)N1C(C)CCC1c1nc(-c2ccc(-c3ccc(-c4nc(C5CCC(C)N5C(=O)C(NC(=O)OC)C5CCOCC5)[nH]c4F)cc3)cc2)c(F)[nH]1)C1CCOCC1. The third-order valence-electron chi connectivity index (χ3n) is 13.4. The normalized spacial score (nSPS) is 22.8. The molecule has 6 heterocycles. The summed E-state index contributed by atoms with van der Waals surface area (Å²) in [4.78, 5) is 71.4. The molecule has 2 aromatic carbocycles. The van der Waals surface area contributed by atoms with Gasteiger partial charge in [0.1, 0.15) is 35.1 Å². The van der Waals surface area contributed by atoms with Gasteiger partial charge in [-0.15, -0.1) is 0 Å². The van der Waals surface area contributed by atoms with Crippen LogP contribution in [0.5, 0.6) is 0 Å². The van der Waals surface area contributed by atoms with E-state index < -0.39 is 48.2 Å². The summed E-state index contributed by atoms with van der Waals surface area (Å²) in [6.45, 7) is 5.84. The van der Waals surface area contributed by atoms with Gasteiger partial charge in [-0.3, -0.25) is 9.59 Å². The maximum absolute atomic E-state index is 15.7. The molecule has 4 saturated heterocycles. The number of H-pyrrole nitrogens is 2. The fourth-order valence-corrected chi connectivity index (χ4v) is 9.88. The van der Waals surface area contributed by atoms with Crippen LogP contribution in [0.1, 0.15) is 88.9 Å². The first kappa shape index (κ1) is 44.7. The Labute approximate surface area is 370 Å². The number of hydrogen-bond donors (Lipinski definition) is 4. The topological polar surface area (TPSA) is 193 Å². The summed E-state index contributed by atoms with van der Waals surface area (Å²) >= 11 is 0. The van der Waals surface area contributed by atoms with Crippen molar-refractivity contribution in [2.24, 2.45) is 11.8 Å². The molecule has 18 heteroatoms. The predicted molar refractivity (Wildman–Crippen MR) is 229 cm³/mol. The van der Waals surface area contributed by atoms with Crippen molar-refractivity contribution in [3.8, 4) is 33.6 Å². The Morgan fingerprint density at radius 1 is 0.594 bits per heavy atom. The molecule has 0 aliphatic carbocycles. The van der Waals surface area contributed by atoms with Gasteiger partial charge in [-0.05, 0) is 88.2 Å². The van der Waals surface area contributed by atoms with E-state index in [2.05, 4.69) is 30.6 Å². The number of carbonyl (C=O) groups excluding carboxylic acids is 4. The van der Waals surface area contributed by atoms with Crippen LogP contribution in [-0.2, 0) is 28.5 Å². The summed E-state index contributed by atoms with van der Waals surface area (Å²) in [5.41, 5.74) is 2.99. The van der Waals surface area contributed by atoms with Crippen LogP contribution < -0.4 is 10.6 Å². The average Bonchev–Trinajstić information content (AvgIpc) is 4.12. The van der Waals surface area contributed by atoms with E-state index in [4.69, 9.17) is 18.9 Å². The molecule has 6 atom stereocenters. The van der Waals surface area contributed by atoms with Crippen LogP contribution in [-0.4, -0.2) is 119 Å². The number of nitrogens with one attached hydrogen (secondary N) is 4. The summed E-state index contributed by atoms with van der Waals surface area (Å²) in [5, 5.41) is 5.51. The highest BCUT2D eigenvalue weighted by atomic mass is 19.1. The Hall–Kier alpha value is -5.88. The van der Waals surface area contributed by atoms with Crippen LogP contribution in [0.3, 0.4) is 0 Å². The van der Waals surface area contributed by atoms with Crippen molar-refractivity contribution in [3.63, 3.8) is 0 Å². The molecule has 8 rings (SSSR count). The van der Waals surface area contributed by atoms with Crippen molar-refractivity contribution in [2.45, 2.75) is 101 Å². The molecule has 6 unspecified atom stereocenters. The summed E-state index contributed by atoms with van der Waals surface area (Å²) in [6, 6.07) is 11.5. The number of ether oxygens (including phenoxy) is 4. The van der Waals surface area contributed by atoms with Crippen molar-refractivity contribution in [1.82, 2.24) is 40.4 Å². The Bertz CT molecular complexity index is 2130. The van der Waals surface area contributed by atoms with Gasteiger partial charge in [0, 0.05) is 49.6 Å². The van der Waals surface area contributed by atoms with E-state index in [0.29, 0.717) is 101 Å². The monoisotopic (exact) mass is 886 g/mol. The number of rotatable bonds is 11. The third kappa shape index (κ3) is 9.20. The number of alkyl carbamates (subject to hydrolysis) is 2. The van der Waals surface area contributed by atoms with Crippen molar-refractivity contribution in [3.05, 3.63) is 72.1 Å². The van der Waals surface area contributed by atoms with Gasteiger partial charge in [0.15, 0.2) is 0 Å². The first-order valence-electron chi connectivity index (χ1n) is 22.2. The molecule has 4 aliphatic heterocycles. The third-order valence-corrected chi connectivity index (χ3v) is 13.4. The molecule has 4 fully saturated rings. The van der Waals surface area contributed by atoms with Crippen LogP contribution in [0.2, 0.25) is 0 Å². The lowest BCUT2D eigenvalue weighted by Gasteiger charge is -2.36. The van der Waals surface area contributed by atoms with Crippen molar-refractivity contribution in [1.29, 1.82) is 0 Å². The van der Waals surface area contributed by atoms with E-state index in [9.17, 15) is 19.2 Å². The lowest BCUT2D eigenvalue weighted by molar-refractivity contribution is -0.139. The number of aromatic amines is 2. The molecule has 0 spiro atoms. The van der Waals surface area contributed by atoms with Crippen LogP contribution in [0.25, 0.3) is 33.6 Å². The summed E-state index contributed by atoms with van der Waals surface area (Å²) in [6.07, 6.45) is 3.57. The van der Waals surface area contributed by atoms with E-state index in [1.54, 1.807) is 34.1 Å². The fourth-order valence-electron chi connectivity index (χ4n) is 9.88. The van der Waals surface area contributed by atoms with Crippen molar-refractivity contribution < 1.29 is 46.9 Å². The maximum Gasteiger partial charge on any atom is 0.407 e. The number of methoxy groups -OCH3 is 2. The highest BCUT2D eigenvalue weighted by Crippen LogP contribution is 2.40. The number of likely N-dealkylation sites (tertiary alicyclic amines) is 2. The molecule has 16 nitrogen and oxygen atoms in total. The Kier molecular flexibility index (Phi) is 13.6. The number of halogens is 2. The number of imidazole rings is 2. The fraction of sp³-hybridized carbons (Fsp3) is 0.522. The molecule has 342 valence electrons. The molecule has 0 saturated carbocycles. The van der Waals surface area contributed by atoms with Gasteiger partial charge >= 0.3 is 12.2 Å². The molecular weight excluding hydrogens is 831 g/mol. The molecule has 4 aromatic rings. The summed E-state index contributed by atoms with van der Waals surface area (Å²) in [7, 11) is 2.52. The van der Waals surface area contributed by atoms with Gasteiger partial charge in [0.05, 0.1) is 26.3 Å². The number of nitrogens with zero attached hydrogens (tertiary/aromatic N) is 4. The number of benzene rings is 2. The van der Waals surface area contributed by atoms with Crippen molar-refractivity contribution in [2.75, 3.05) is 40.6 Å². The summed E-state index contributed by atoms with van der Waals surface area (Å²) < 4.78 is 52.0. The summed E-state index contributed by atoms with van der Waals surface area (Å²) in [5.74, 6) is -1.37. The van der Waals surface area contributed by atoms with E-state index in [0.717, 1.165) is 11.1 Å². The second kappa shape index (κ2) is 19.5. The van der Waals surface area contributed by atoms with Gasteiger partial charge < -0.3 is 49.3 Å². The predicted octanol–water partition coefficient (Wildman–Crippen LogP) is 6.82. The smallest absolute Gasteiger partial charge is 0.407 e. The molecule has 4 amide bonds. The number of hydrogen-bond acceptors (Lipinski definition) is 10. The highest BCUT2D eigenvalue weighted by Gasteiger charge is 2.45. The average molecular weight is 887 g/mol.